The summed E-state index contributed by atoms with van der Waals surface area (Å²) in [7, 11) is 0. The van der Waals surface area contributed by atoms with Crippen molar-refractivity contribution in [3.63, 3.8) is 0 Å². The Bertz CT molecular complexity index is 316. The Morgan fingerprint density at radius 3 is 2.57 bits per heavy atom. The molecular weight excluding hydrogens is 240 g/mol. The first-order valence-electron chi connectivity index (χ1n) is 5.26. The fourth-order valence-electron chi connectivity index (χ4n) is 2.26. The number of benzene rings is 1. The van der Waals surface area contributed by atoms with Crippen LogP contribution in [0.25, 0.3) is 0 Å². The highest BCUT2D eigenvalue weighted by atomic mass is 79.9. The van der Waals surface area contributed by atoms with Crippen LogP contribution in [-0.4, -0.2) is 5.11 Å². The molecule has 1 aromatic carbocycles. The fourth-order valence-corrected chi connectivity index (χ4v) is 2.83. The third-order valence-electron chi connectivity index (χ3n) is 3.02. The molecule has 76 valence electrons. The molecule has 0 spiro atoms. The van der Waals surface area contributed by atoms with Gasteiger partial charge in [-0.3, -0.25) is 0 Å². The summed E-state index contributed by atoms with van der Waals surface area (Å²) >= 11 is 3.55. The summed E-state index contributed by atoms with van der Waals surface area (Å²) in [6, 6.07) is 5.58. The summed E-state index contributed by atoms with van der Waals surface area (Å²) in [5.41, 5.74) is 1.28. The number of hydrogen-bond donors (Lipinski definition) is 1. The Kier molecular flexibility index (Phi) is 3.12. The second kappa shape index (κ2) is 4.35. The van der Waals surface area contributed by atoms with Crippen molar-refractivity contribution in [2.24, 2.45) is 0 Å². The van der Waals surface area contributed by atoms with E-state index in [-0.39, 0.29) is 0 Å². The van der Waals surface area contributed by atoms with E-state index in [4.69, 9.17) is 0 Å². The smallest absolute Gasteiger partial charge is 0.115 e. The second-order valence-corrected chi connectivity index (χ2v) is 4.90. The molecule has 2 heteroatoms. The minimum absolute atomic E-state index is 0.383. The number of phenolic OH excluding ortho intramolecular Hbond substituents is 1. The van der Waals surface area contributed by atoms with Crippen molar-refractivity contribution in [3.05, 3.63) is 28.2 Å². The Morgan fingerprint density at radius 2 is 1.86 bits per heavy atom. The van der Waals surface area contributed by atoms with Gasteiger partial charge in [-0.25, -0.2) is 0 Å². The van der Waals surface area contributed by atoms with E-state index < -0.39 is 0 Å². The van der Waals surface area contributed by atoms with Gasteiger partial charge in [0.2, 0.25) is 0 Å². The van der Waals surface area contributed by atoms with Crippen LogP contribution in [-0.2, 0) is 0 Å². The predicted octanol–water partition coefficient (Wildman–Crippen LogP) is 4.20. The Balaban J connectivity index is 2.24. The quantitative estimate of drug-likeness (QED) is 0.797. The molecule has 0 aliphatic heterocycles. The topological polar surface area (TPSA) is 20.2 Å². The molecule has 0 unspecified atom stereocenters. The van der Waals surface area contributed by atoms with Gasteiger partial charge >= 0.3 is 0 Å². The van der Waals surface area contributed by atoms with Crippen LogP contribution < -0.4 is 0 Å². The summed E-state index contributed by atoms with van der Waals surface area (Å²) < 4.78 is 1.14. The molecule has 1 nitrogen and oxygen atoms in total. The number of rotatable bonds is 1. The molecule has 2 rings (SSSR count). The van der Waals surface area contributed by atoms with E-state index in [1.165, 1.54) is 37.7 Å². The van der Waals surface area contributed by atoms with Gasteiger partial charge in [0.15, 0.2) is 0 Å². The molecule has 14 heavy (non-hydrogen) atoms. The van der Waals surface area contributed by atoms with Gasteiger partial charge in [0.05, 0.1) is 0 Å². The normalized spacial score (nSPS) is 18.4. The lowest BCUT2D eigenvalue weighted by Crippen LogP contribution is -2.04. The molecule has 0 radical (unpaired) electrons. The van der Waals surface area contributed by atoms with Gasteiger partial charge in [-0.15, -0.1) is 0 Å². The molecule has 0 atom stereocenters. The van der Waals surface area contributed by atoms with Gasteiger partial charge in [-0.1, -0.05) is 35.2 Å². The third-order valence-corrected chi connectivity index (χ3v) is 3.75. The van der Waals surface area contributed by atoms with Gasteiger partial charge in [-0.2, -0.15) is 0 Å². The fraction of sp³-hybridized carbons (Fsp3) is 0.500. The number of hydrogen-bond acceptors (Lipinski definition) is 1. The van der Waals surface area contributed by atoms with Crippen molar-refractivity contribution < 1.29 is 5.11 Å². The summed E-state index contributed by atoms with van der Waals surface area (Å²) in [6.07, 6.45) is 6.55. The standard InChI is InChI=1S/C12H15BrO/c13-12-7-6-10(14)8-11(12)9-4-2-1-3-5-9/h6-9,14H,1-5H2. The first-order chi connectivity index (χ1) is 6.77. The van der Waals surface area contributed by atoms with E-state index in [1.807, 2.05) is 12.1 Å². The predicted molar refractivity (Wildman–Crippen MR) is 61.6 cm³/mol. The van der Waals surface area contributed by atoms with Crippen molar-refractivity contribution in [3.8, 4) is 5.75 Å². The SMILES string of the molecule is Oc1ccc(Br)c(C2CCCCC2)c1. The minimum Gasteiger partial charge on any atom is -0.508 e. The van der Waals surface area contributed by atoms with Gasteiger partial charge in [-0.05, 0) is 42.5 Å². The van der Waals surface area contributed by atoms with Crippen molar-refractivity contribution in [2.75, 3.05) is 0 Å². The first kappa shape index (κ1) is 10.0. The molecule has 0 saturated heterocycles. The maximum absolute atomic E-state index is 9.45. The highest BCUT2D eigenvalue weighted by molar-refractivity contribution is 9.10. The van der Waals surface area contributed by atoms with E-state index in [0.717, 1.165) is 4.47 Å². The van der Waals surface area contributed by atoms with Gasteiger partial charge < -0.3 is 5.11 Å². The number of phenols is 1. The summed E-state index contributed by atoms with van der Waals surface area (Å²) in [4.78, 5) is 0. The van der Waals surface area contributed by atoms with Crippen LogP contribution in [0.5, 0.6) is 5.75 Å². The van der Waals surface area contributed by atoms with Crippen LogP contribution in [0.2, 0.25) is 0 Å². The lowest BCUT2D eigenvalue weighted by molar-refractivity contribution is 0.437. The van der Waals surface area contributed by atoms with Gasteiger partial charge in [0.1, 0.15) is 5.75 Å². The average molecular weight is 255 g/mol. The van der Waals surface area contributed by atoms with Crippen molar-refractivity contribution >= 4 is 15.9 Å². The zero-order valence-electron chi connectivity index (χ0n) is 8.17. The molecule has 0 heterocycles. The molecule has 1 aliphatic carbocycles. The van der Waals surface area contributed by atoms with E-state index >= 15 is 0 Å². The number of aromatic hydroxyl groups is 1. The minimum atomic E-state index is 0.383. The summed E-state index contributed by atoms with van der Waals surface area (Å²) in [6.45, 7) is 0. The Morgan fingerprint density at radius 1 is 1.14 bits per heavy atom. The zero-order chi connectivity index (χ0) is 9.97. The lowest BCUT2D eigenvalue weighted by Gasteiger charge is -2.23. The highest BCUT2D eigenvalue weighted by Crippen LogP contribution is 2.37. The molecule has 1 aromatic rings. The van der Waals surface area contributed by atoms with E-state index in [9.17, 15) is 5.11 Å². The maximum Gasteiger partial charge on any atom is 0.115 e. The van der Waals surface area contributed by atoms with Gasteiger partial charge in [0, 0.05) is 4.47 Å². The molecule has 1 N–H and O–H groups in total. The lowest BCUT2D eigenvalue weighted by atomic mass is 9.84. The zero-order valence-corrected chi connectivity index (χ0v) is 9.76. The van der Waals surface area contributed by atoms with Crippen LogP contribution in [0.3, 0.4) is 0 Å². The summed E-state index contributed by atoms with van der Waals surface area (Å²) in [5.74, 6) is 1.03. The van der Waals surface area contributed by atoms with Crippen molar-refractivity contribution in [2.45, 2.75) is 38.0 Å². The van der Waals surface area contributed by atoms with Gasteiger partial charge in [0.25, 0.3) is 0 Å². The maximum atomic E-state index is 9.45. The largest absolute Gasteiger partial charge is 0.508 e. The Labute approximate surface area is 93.3 Å². The monoisotopic (exact) mass is 254 g/mol. The average Bonchev–Trinajstić information content (AvgIpc) is 2.23. The van der Waals surface area contributed by atoms with Crippen LogP contribution in [0.15, 0.2) is 22.7 Å². The summed E-state index contributed by atoms with van der Waals surface area (Å²) in [5, 5.41) is 9.45. The molecule has 1 fully saturated rings. The van der Waals surface area contributed by atoms with E-state index in [0.29, 0.717) is 11.7 Å². The van der Waals surface area contributed by atoms with Crippen LogP contribution in [0.4, 0.5) is 0 Å². The van der Waals surface area contributed by atoms with E-state index in [1.54, 1.807) is 6.07 Å². The van der Waals surface area contributed by atoms with Crippen LogP contribution in [0, 0.1) is 0 Å². The molecular formula is C12H15BrO. The number of halogens is 1. The van der Waals surface area contributed by atoms with Crippen molar-refractivity contribution in [1.29, 1.82) is 0 Å². The second-order valence-electron chi connectivity index (χ2n) is 4.04. The highest BCUT2D eigenvalue weighted by Gasteiger charge is 2.17. The molecule has 0 amide bonds. The third kappa shape index (κ3) is 2.11. The van der Waals surface area contributed by atoms with Crippen molar-refractivity contribution in [1.82, 2.24) is 0 Å². The molecule has 0 bridgehead atoms. The molecule has 1 saturated carbocycles. The first-order valence-corrected chi connectivity index (χ1v) is 6.05. The molecule has 1 aliphatic rings. The van der Waals surface area contributed by atoms with E-state index in [2.05, 4.69) is 15.9 Å². The Hall–Kier alpha value is -0.500. The van der Waals surface area contributed by atoms with Crippen LogP contribution in [0.1, 0.15) is 43.6 Å². The molecule has 0 aromatic heterocycles. The van der Waals surface area contributed by atoms with Crippen LogP contribution >= 0.6 is 15.9 Å².